The molecule has 2 aromatic rings. The Morgan fingerprint density at radius 1 is 1.00 bits per heavy atom. The van der Waals surface area contributed by atoms with Gasteiger partial charge in [-0.3, -0.25) is 10.1 Å². The highest BCUT2D eigenvalue weighted by molar-refractivity contribution is 6.60. The quantitative estimate of drug-likeness (QED) is 0.775. The van der Waals surface area contributed by atoms with Crippen molar-refractivity contribution in [2.24, 2.45) is 0 Å². The van der Waals surface area contributed by atoms with E-state index in [1.807, 2.05) is 51.1 Å². The van der Waals surface area contributed by atoms with Gasteiger partial charge < -0.3 is 10.1 Å². The van der Waals surface area contributed by atoms with Crippen LogP contribution in [0.3, 0.4) is 0 Å². The van der Waals surface area contributed by atoms with E-state index in [-0.39, 0.29) is 11.7 Å². The fourth-order valence-electron chi connectivity index (χ4n) is 3.58. The van der Waals surface area contributed by atoms with E-state index in [9.17, 15) is 9.59 Å². The predicted molar refractivity (Wildman–Crippen MR) is 111 cm³/mol. The van der Waals surface area contributed by atoms with Crippen LogP contribution in [0.2, 0.25) is 0 Å². The first-order chi connectivity index (χ1) is 12.7. The van der Waals surface area contributed by atoms with Crippen LogP contribution in [-0.4, -0.2) is 25.3 Å². The van der Waals surface area contributed by atoms with Crippen molar-refractivity contribution in [3.63, 3.8) is 0 Å². The number of carbonyl (C=O) groups is 2. The average molecular weight is 364 g/mol. The summed E-state index contributed by atoms with van der Waals surface area (Å²) in [7, 11) is 1.51. The van der Waals surface area contributed by atoms with Crippen LogP contribution in [0.1, 0.15) is 51.2 Å². The maximum Gasteiger partial charge on any atom is 0.412 e. The van der Waals surface area contributed by atoms with Gasteiger partial charge in [-0.05, 0) is 73.7 Å². The Hall–Kier alpha value is -2.76. The molecule has 1 aliphatic carbocycles. The first-order valence-electron chi connectivity index (χ1n) is 9.24. The van der Waals surface area contributed by atoms with Gasteiger partial charge in [-0.15, -0.1) is 0 Å². The van der Waals surface area contributed by atoms with Gasteiger partial charge in [0.05, 0.1) is 0 Å². The van der Waals surface area contributed by atoms with Gasteiger partial charge in [-0.2, -0.15) is 0 Å². The van der Waals surface area contributed by atoms with Crippen molar-refractivity contribution in [2.45, 2.75) is 45.6 Å². The summed E-state index contributed by atoms with van der Waals surface area (Å²) < 4.78 is 5.34. The van der Waals surface area contributed by atoms with E-state index in [1.165, 1.54) is 30.1 Å². The van der Waals surface area contributed by atoms with E-state index < -0.39 is 11.7 Å². The molecule has 6 heteroatoms. The van der Waals surface area contributed by atoms with Crippen LogP contribution in [0.5, 0.6) is 0 Å². The minimum atomic E-state index is -0.539. The molecule has 1 atom stereocenters. The maximum absolute atomic E-state index is 12.1. The monoisotopic (exact) mass is 364 g/mol. The summed E-state index contributed by atoms with van der Waals surface area (Å²) >= 11 is 0. The molecule has 1 aliphatic rings. The van der Waals surface area contributed by atoms with Gasteiger partial charge in [0.15, 0.2) is 5.81 Å². The normalized spacial score (nSPS) is 14.9. The molecule has 2 N–H and O–H groups in total. The minimum Gasteiger partial charge on any atom is -0.444 e. The van der Waals surface area contributed by atoms with Crippen LogP contribution in [0.25, 0.3) is 11.1 Å². The van der Waals surface area contributed by atoms with Crippen molar-refractivity contribution < 1.29 is 14.3 Å². The lowest BCUT2D eigenvalue weighted by molar-refractivity contribution is 0.0636. The molecule has 0 bridgehead atoms. The lowest BCUT2D eigenvalue weighted by atomic mass is 9.94. The van der Waals surface area contributed by atoms with E-state index in [2.05, 4.69) is 23.6 Å². The summed E-state index contributed by atoms with van der Waals surface area (Å²) in [4.78, 5) is 23.4. The highest BCUT2D eigenvalue weighted by Gasteiger charge is 2.28. The largest absolute Gasteiger partial charge is 0.444 e. The first kappa shape index (κ1) is 19.0. The van der Waals surface area contributed by atoms with Crippen LogP contribution < -0.4 is 10.6 Å². The van der Waals surface area contributed by atoms with Crippen molar-refractivity contribution >= 4 is 31.1 Å². The molecule has 0 aliphatic heterocycles. The zero-order valence-electron chi connectivity index (χ0n) is 16.5. The summed E-state index contributed by atoms with van der Waals surface area (Å²) in [6.07, 6.45) is 0.471. The van der Waals surface area contributed by atoms with Crippen LogP contribution >= 0.6 is 0 Å². The van der Waals surface area contributed by atoms with Crippen molar-refractivity contribution in [1.29, 1.82) is 0 Å². The zero-order valence-corrected chi connectivity index (χ0v) is 16.5. The van der Waals surface area contributed by atoms with E-state index in [1.54, 1.807) is 0 Å². The van der Waals surface area contributed by atoms with Gasteiger partial charge in [0, 0.05) is 17.3 Å². The second-order valence-electron chi connectivity index (χ2n) is 7.87. The standard InChI is InChI=1S/C21H25BN2O3/c1-5-14-17-10-12(23-19(22)25)6-8-15(17)16-9-7-13(11-18(14)16)24-20(26)27-21(2,3)4/h6-11,14H,5,22H2,1-4H3,(H,23,25)(H,24,26). The Kier molecular flexibility index (Phi) is 5.00. The van der Waals surface area contributed by atoms with Gasteiger partial charge in [-0.1, -0.05) is 19.1 Å². The molecule has 0 saturated heterocycles. The van der Waals surface area contributed by atoms with E-state index in [0.29, 0.717) is 0 Å². The third-order valence-electron chi connectivity index (χ3n) is 4.52. The van der Waals surface area contributed by atoms with Crippen molar-refractivity contribution in [2.75, 3.05) is 10.6 Å². The second-order valence-corrected chi connectivity index (χ2v) is 7.87. The second kappa shape index (κ2) is 7.10. The molecule has 2 aromatic carbocycles. The lowest BCUT2D eigenvalue weighted by Crippen LogP contribution is -2.27. The molecule has 1 unspecified atom stereocenters. The van der Waals surface area contributed by atoms with E-state index in [4.69, 9.17) is 4.74 Å². The van der Waals surface area contributed by atoms with Gasteiger partial charge in [0.25, 0.3) is 0 Å². The third-order valence-corrected chi connectivity index (χ3v) is 4.52. The average Bonchev–Trinajstić information content (AvgIpc) is 2.84. The van der Waals surface area contributed by atoms with Gasteiger partial charge in [0.2, 0.25) is 7.85 Å². The fraction of sp³-hybridized carbons (Fsp3) is 0.333. The number of hydrogen-bond acceptors (Lipinski definition) is 3. The Labute approximate surface area is 160 Å². The van der Waals surface area contributed by atoms with Crippen molar-refractivity contribution in [3.8, 4) is 11.1 Å². The van der Waals surface area contributed by atoms with Gasteiger partial charge in [-0.25, -0.2) is 4.79 Å². The SMILES string of the molecule is BC(=O)Nc1ccc2c(c1)C(CC)c1cc(NC(=O)OC(C)(C)C)ccc1-2. The lowest BCUT2D eigenvalue weighted by Gasteiger charge is -2.20. The number of carbonyl (C=O) groups excluding carboxylic acids is 2. The Morgan fingerprint density at radius 3 is 1.96 bits per heavy atom. The molecule has 3 rings (SSSR count). The van der Waals surface area contributed by atoms with Crippen LogP contribution in [-0.2, 0) is 4.74 Å². The maximum atomic E-state index is 12.1. The molecule has 5 nitrogen and oxygen atoms in total. The highest BCUT2D eigenvalue weighted by atomic mass is 16.6. The number of ether oxygens (including phenoxy) is 1. The Morgan fingerprint density at radius 2 is 1.52 bits per heavy atom. The summed E-state index contributed by atoms with van der Waals surface area (Å²) in [5.74, 6) is 0.145. The number of amides is 2. The zero-order chi connectivity index (χ0) is 19.8. The predicted octanol–water partition coefficient (Wildman–Crippen LogP) is 4.72. The molecular weight excluding hydrogens is 339 g/mol. The molecule has 0 heterocycles. The van der Waals surface area contributed by atoms with Gasteiger partial charge in [0.1, 0.15) is 5.60 Å². The van der Waals surface area contributed by atoms with Crippen LogP contribution in [0.4, 0.5) is 21.0 Å². The summed E-state index contributed by atoms with van der Waals surface area (Å²) in [5, 5.41) is 5.67. The Balaban J connectivity index is 1.90. The molecule has 0 fully saturated rings. The smallest absolute Gasteiger partial charge is 0.412 e. The fourth-order valence-corrected chi connectivity index (χ4v) is 3.58. The molecule has 0 saturated carbocycles. The topological polar surface area (TPSA) is 67.4 Å². The molecule has 0 radical (unpaired) electrons. The number of hydrogen-bond donors (Lipinski definition) is 2. The summed E-state index contributed by atoms with van der Waals surface area (Å²) in [5.41, 5.74) is 5.71. The number of rotatable bonds is 3. The van der Waals surface area contributed by atoms with E-state index in [0.717, 1.165) is 17.8 Å². The minimum absolute atomic E-state index is 0.0812. The van der Waals surface area contributed by atoms with Gasteiger partial charge >= 0.3 is 6.09 Å². The highest BCUT2D eigenvalue weighted by Crippen LogP contribution is 2.48. The molecule has 140 valence electrons. The molecule has 2 amide bonds. The third kappa shape index (κ3) is 4.16. The number of fused-ring (bicyclic) bond motifs is 3. The van der Waals surface area contributed by atoms with Crippen LogP contribution in [0.15, 0.2) is 36.4 Å². The van der Waals surface area contributed by atoms with Crippen molar-refractivity contribution in [3.05, 3.63) is 47.5 Å². The summed E-state index contributed by atoms with van der Waals surface area (Å²) in [6, 6.07) is 12.0. The Bertz CT molecular complexity index is 903. The van der Waals surface area contributed by atoms with Crippen molar-refractivity contribution in [1.82, 2.24) is 0 Å². The van der Waals surface area contributed by atoms with E-state index >= 15 is 0 Å². The number of nitrogens with one attached hydrogen (secondary N) is 2. The molecule has 0 aromatic heterocycles. The first-order valence-corrected chi connectivity index (χ1v) is 9.24. The molecule has 27 heavy (non-hydrogen) atoms. The molecular formula is C21H25BN2O3. The van der Waals surface area contributed by atoms with Crippen LogP contribution in [0, 0.1) is 0 Å². The number of benzene rings is 2. The number of anilines is 2. The summed E-state index contributed by atoms with van der Waals surface area (Å²) in [6.45, 7) is 7.66. The molecule has 0 spiro atoms.